The summed E-state index contributed by atoms with van der Waals surface area (Å²) in [5.74, 6) is -0.0977. The lowest BCUT2D eigenvalue weighted by Crippen LogP contribution is -2.35. The van der Waals surface area contributed by atoms with E-state index in [2.05, 4.69) is 10.0 Å². The fourth-order valence-electron chi connectivity index (χ4n) is 3.33. The van der Waals surface area contributed by atoms with E-state index in [0.29, 0.717) is 37.3 Å². The van der Waals surface area contributed by atoms with E-state index in [1.165, 1.54) is 0 Å². The summed E-state index contributed by atoms with van der Waals surface area (Å²) in [6, 6.07) is 11.6. The second-order valence-electron chi connectivity index (χ2n) is 8.74. The predicted molar refractivity (Wildman–Crippen MR) is 121 cm³/mol. The van der Waals surface area contributed by atoms with E-state index in [-0.39, 0.29) is 16.7 Å². The summed E-state index contributed by atoms with van der Waals surface area (Å²) in [6.45, 7) is 8.30. The third-order valence-electron chi connectivity index (χ3n) is 5.21. The quantitative estimate of drug-likeness (QED) is 0.735. The van der Waals surface area contributed by atoms with Crippen molar-refractivity contribution in [1.82, 2.24) is 4.90 Å². The molecule has 0 saturated heterocycles. The number of hydrogen-bond acceptors (Lipinski definition) is 4. The van der Waals surface area contributed by atoms with Crippen LogP contribution in [0.4, 0.5) is 11.4 Å². The fourth-order valence-corrected chi connectivity index (χ4v) is 4.43. The molecule has 0 spiro atoms. The lowest BCUT2D eigenvalue weighted by Gasteiger charge is -2.29. The lowest BCUT2D eigenvalue weighted by atomic mass is 9.95. The monoisotopic (exact) mass is 443 g/mol. The maximum Gasteiger partial charge on any atom is 0.261 e. The van der Waals surface area contributed by atoms with Gasteiger partial charge in [0.2, 0.25) is 11.8 Å². The van der Waals surface area contributed by atoms with Gasteiger partial charge in [-0.25, -0.2) is 8.42 Å². The molecule has 1 aliphatic heterocycles. The molecule has 1 aliphatic rings. The van der Waals surface area contributed by atoms with E-state index in [0.717, 1.165) is 11.1 Å². The summed E-state index contributed by atoms with van der Waals surface area (Å²) in [6.07, 6.45) is 1.14. The van der Waals surface area contributed by atoms with Gasteiger partial charge in [-0.1, -0.05) is 39.8 Å². The number of nitrogens with zero attached hydrogens (tertiary/aromatic N) is 1. The molecule has 0 aliphatic carbocycles. The highest BCUT2D eigenvalue weighted by atomic mass is 32.2. The van der Waals surface area contributed by atoms with Crippen molar-refractivity contribution in [2.45, 2.75) is 52.0 Å². The van der Waals surface area contributed by atoms with Crippen LogP contribution in [0.1, 0.15) is 45.2 Å². The topological polar surface area (TPSA) is 95.6 Å². The van der Waals surface area contributed by atoms with E-state index in [9.17, 15) is 18.0 Å². The minimum absolute atomic E-state index is 0.0613. The molecule has 0 unspecified atom stereocenters. The molecular weight excluding hydrogens is 414 g/mol. The Morgan fingerprint density at radius 1 is 1.03 bits per heavy atom. The van der Waals surface area contributed by atoms with Crippen molar-refractivity contribution < 1.29 is 18.0 Å². The third-order valence-corrected chi connectivity index (χ3v) is 6.59. The van der Waals surface area contributed by atoms with Gasteiger partial charge < -0.3 is 10.2 Å². The Morgan fingerprint density at radius 3 is 2.42 bits per heavy atom. The number of rotatable bonds is 5. The average molecular weight is 444 g/mol. The highest BCUT2D eigenvalue weighted by molar-refractivity contribution is 7.92. The van der Waals surface area contributed by atoms with Crippen LogP contribution in [0.3, 0.4) is 0 Å². The van der Waals surface area contributed by atoms with Gasteiger partial charge in [-0.2, -0.15) is 0 Å². The van der Waals surface area contributed by atoms with Gasteiger partial charge in [-0.15, -0.1) is 0 Å². The van der Waals surface area contributed by atoms with Crippen LogP contribution >= 0.6 is 0 Å². The molecule has 31 heavy (non-hydrogen) atoms. The zero-order valence-corrected chi connectivity index (χ0v) is 19.2. The van der Waals surface area contributed by atoms with Crippen molar-refractivity contribution >= 4 is 33.2 Å². The molecule has 0 atom stereocenters. The van der Waals surface area contributed by atoms with Crippen LogP contribution in [0, 0.1) is 5.41 Å². The highest BCUT2D eigenvalue weighted by Crippen LogP contribution is 2.26. The summed E-state index contributed by atoms with van der Waals surface area (Å²) in [5.41, 5.74) is 2.21. The van der Waals surface area contributed by atoms with E-state index >= 15 is 0 Å². The van der Waals surface area contributed by atoms with E-state index in [4.69, 9.17) is 0 Å². The van der Waals surface area contributed by atoms with Crippen LogP contribution in [-0.2, 0) is 32.6 Å². The van der Waals surface area contributed by atoms with Gasteiger partial charge in [0.1, 0.15) is 0 Å². The Bertz CT molecular complexity index is 1100. The smallest absolute Gasteiger partial charge is 0.261 e. The molecule has 0 radical (unpaired) electrons. The Labute approximate surface area is 183 Å². The molecule has 2 N–H and O–H groups in total. The Hall–Kier alpha value is -2.87. The maximum atomic E-state index is 13.0. The number of carbonyl (C=O) groups is 2. The molecule has 2 amide bonds. The number of amides is 2. The predicted octanol–water partition coefficient (Wildman–Crippen LogP) is 3.77. The zero-order valence-electron chi connectivity index (χ0n) is 18.4. The lowest BCUT2D eigenvalue weighted by molar-refractivity contribution is -0.131. The molecule has 3 rings (SSSR count). The van der Waals surface area contributed by atoms with Gasteiger partial charge in [-0.3, -0.25) is 14.3 Å². The van der Waals surface area contributed by atoms with E-state index in [1.54, 1.807) is 62.1 Å². The van der Waals surface area contributed by atoms with Crippen molar-refractivity contribution in [2.75, 3.05) is 16.6 Å². The summed E-state index contributed by atoms with van der Waals surface area (Å²) < 4.78 is 28.5. The van der Waals surface area contributed by atoms with Crippen LogP contribution in [0.5, 0.6) is 0 Å². The fraction of sp³-hybridized carbons (Fsp3) is 0.391. The maximum absolute atomic E-state index is 13.0. The standard InChI is InChI=1S/C23H29N3O4S/c1-5-21(27)26-12-11-16-9-10-20(13-17(16)15-26)31(29,30)25-19-8-6-7-18(14-19)24-22(28)23(2,3)4/h6-10,13-14,25H,5,11-12,15H2,1-4H3,(H,24,28). The largest absolute Gasteiger partial charge is 0.338 e. The van der Waals surface area contributed by atoms with Crippen LogP contribution < -0.4 is 10.0 Å². The summed E-state index contributed by atoms with van der Waals surface area (Å²) in [5, 5.41) is 2.80. The SMILES string of the molecule is CCC(=O)N1CCc2ccc(S(=O)(=O)Nc3cccc(NC(=O)C(C)(C)C)c3)cc2C1. The molecule has 0 fully saturated rings. The van der Waals surface area contributed by atoms with Crippen molar-refractivity contribution in [2.24, 2.45) is 5.41 Å². The number of sulfonamides is 1. The molecule has 7 nitrogen and oxygen atoms in total. The summed E-state index contributed by atoms with van der Waals surface area (Å²) >= 11 is 0. The molecule has 8 heteroatoms. The van der Waals surface area contributed by atoms with Crippen LogP contribution in [0.15, 0.2) is 47.4 Å². The third kappa shape index (κ3) is 5.44. The molecule has 0 saturated carbocycles. The Morgan fingerprint density at radius 2 is 1.74 bits per heavy atom. The van der Waals surface area contributed by atoms with Gasteiger partial charge in [0, 0.05) is 30.6 Å². The minimum Gasteiger partial charge on any atom is -0.338 e. The molecular formula is C23H29N3O4S. The first-order chi connectivity index (χ1) is 14.5. The zero-order chi connectivity index (χ0) is 22.8. The van der Waals surface area contributed by atoms with Crippen molar-refractivity contribution in [1.29, 1.82) is 0 Å². The van der Waals surface area contributed by atoms with Crippen LogP contribution in [0.25, 0.3) is 0 Å². The Balaban J connectivity index is 1.80. The van der Waals surface area contributed by atoms with Crippen molar-refractivity contribution in [3.63, 3.8) is 0 Å². The van der Waals surface area contributed by atoms with Gasteiger partial charge in [0.05, 0.1) is 10.6 Å². The number of carbonyl (C=O) groups excluding carboxylic acids is 2. The second kappa shape index (κ2) is 8.70. The second-order valence-corrected chi connectivity index (χ2v) is 10.4. The summed E-state index contributed by atoms with van der Waals surface area (Å²) in [4.78, 5) is 26.1. The molecule has 2 aromatic carbocycles. The van der Waals surface area contributed by atoms with Crippen LogP contribution in [-0.4, -0.2) is 31.7 Å². The number of benzene rings is 2. The first kappa shape index (κ1) is 22.8. The van der Waals surface area contributed by atoms with E-state index in [1.807, 2.05) is 13.0 Å². The number of fused-ring (bicyclic) bond motifs is 1. The van der Waals surface area contributed by atoms with Gasteiger partial charge in [0.15, 0.2) is 0 Å². The Kier molecular flexibility index (Phi) is 6.40. The number of anilines is 2. The van der Waals surface area contributed by atoms with Gasteiger partial charge in [-0.05, 0) is 47.9 Å². The molecule has 2 aromatic rings. The van der Waals surface area contributed by atoms with Crippen molar-refractivity contribution in [3.05, 3.63) is 53.6 Å². The number of hydrogen-bond donors (Lipinski definition) is 2. The first-order valence-electron chi connectivity index (χ1n) is 10.3. The van der Waals surface area contributed by atoms with Crippen molar-refractivity contribution in [3.8, 4) is 0 Å². The van der Waals surface area contributed by atoms with Gasteiger partial charge >= 0.3 is 0 Å². The minimum atomic E-state index is -3.83. The number of nitrogens with one attached hydrogen (secondary N) is 2. The average Bonchev–Trinajstić information content (AvgIpc) is 2.71. The van der Waals surface area contributed by atoms with Crippen LogP contribution in [0.2, 0.25) is 0 Å². The van der Waals surface area contributed by atoms with Gasteiger partial charge in [0.25, 0.3) is 10.0 Å². The summed E-state index contributed by atoms with van der Waals surface area (Å²) in [7, 11) is -3.83. The normalized spacial score (nSPS) is 14.0. The molecule has 1 heterocycles. The van der Waals surface area contributed by atoms with E-state index < -0.39 is 15.4 Å². The molecule has 166 valence electrons. The molecule has 0 aromatic heterocycles. The molecule has 0 bridgehead atoms. The highest BCUT2D eigenvalue weighted by Gasteiger charge is 2.23. The first-order valence-corrected chi connectivity index (χ1v) is 11.8.